The quantitative estimate of drug-likeness (QED) is 0.642. The topological polar surface area (TPSA) is 57.2 Å². The molecule has 0 radical (unpaired) electrons. The zero-order valence-electron chi connectivity index (χ0n) is 16.1. The molecule has 3 rings (SSSR count). The van der Waals surface area contributed by atoms with Crippen LogP contribution in [0.5, 0.6) is 17.2 Å². The zero-order valence-corrected chi connectivity index (χ0v) is 17.6. The highest BCUT2D eigenvalue weighted by Crippen LogP contribution is 2.39. The highest BCUT2D eigenvalue weighted by molar-refractivity contribution is 6.35. The minimum atomic E-state index is -0.595. The van der Waals surface area contributed by atoms with E-state index >= 15 is 0 Å². The summed E-state index contributed by atoms with van der Waals surface area (Å²) in [5.41, 5.74) is 0.810. The first kappa shape index (κ1) is 21.5. The molecule has 2 aromatic rings. The number of rotatable bonds is 5. The molecule has 0 aromatic heterocycles. The van der Waals surface area contributed by atoms with Crippen molar-refractivity contribution in [2.75, 3.05) is 41.0 Å². The van der Waals surface area contributed by atoms with Gasteiger partial charge in [0.15, 0.2) is 11.5 Å². The number of hydrogen-bond donors (Lipinski definition) is 0. The second-order valence-electron chi connectivity index (χ2n) is 6.31. The van der Waals surface area contributed by atoms with Crippen molar-refractivity contribution in [3.05, 3.63) is 51.3 Å². The molecule has 0 N–H and O–H groups in total. The van der Waals surface area contributed by atoms with Crippen molar-refractivity contribution in [2.24, 2.45) is 0 Å². The molecule has 0 spiro atoms. The van der Waals surface area contributed by atoms with Crippen molar-refractivity contribution >= 4 is 29.1 Å². The lowest BCUT2D eigenvalue weighted by Crippen LogP contribution is -2.42. The van der Waals surface area contributed by atoms with Gasteiger partial charge < -0.3 is 23.8 Å². The molecule has 9 heteroatoms. The maximum Gasteiger partial charge on any atom is 0.254 e. The Hall–Kier alpha value is -2.22. The van der Waals surface area contributed by atoms with Crippen LogP contribution in [0.4, 0.5) is 4.39 Å². The van der Waals surface area contributed by atoms with Crippen LogP contribution in [0.3, 0.4) is 0 Å². The number of methoxy groups -OCH3 is 3. The number of nitrogens with zero attached hydrogens (tertiary/aromatic N) is 1. The molecule has 2 aromatic carbocycles. The molecule has 0 bridgehead atoms. The molecule has 1 atom stereocenters. The molecule has 1 amide bonds. The number of ether oxygens (including phenoxy) is 4. The maximum atomic E-state index is 13.9. The summed E-state index contributed by atoms with van der Waals surface area (Å²) >= 11 is 12.0. The number of morpholine rings is 1. The highest BCUT2D eigenvalue weighted by Gasteiger charge is 2.29. The van der Waals surface area contributed by atoms with Crippen LogP contribution in [0.15, 0.2) is 24.3 Å². The normalized spacial score (nSPS) is 16.5. The molecule has 1 fully saturated rings. The Morgan fingerprint density at radius 2 is 1.72 bits per heavy atom. The van der Waals surface area contributed by atoms with Crippen LogP contribution >= 0.6 is 23.2 Å². The Morgan fingerprint density at radius 1 is 1.07 bits per heavy atom. The van der Waals surface area contributed by atoms with Crippen LogP contribution in [0.1, 0.15) is 22.0 Å². The summed E-state index contributed by atoms with van der Waals surface area (Å²) in [7, 11) is 4.45. The van der Waals surface area contributed by atoms with Gasteiger partial charge in [0.05, 0.1) is 39.5 Å². The Kier molecular flexibility index (Phi) is 6.72. The summed E-state index contributed by atoms with van der Waals surface area (Å²) in [5, 5.41) is 0.211. The first-order valence-corrected chi connectivity index (χ1v) is 9.50. The van der Waals surface area contributed by atoms with Gasteiger partial charge in [-0.1, -0.05) is 23.2 Å². The third-order valence-corrected chi connectivity index (χ3v) is 5.27. The smallest absolute Gasteiger partial charge is 0.254 e. The Bertz CT molecular complexity index is 899. The molecular formula is C20H20Cl2FNO5. The molecule has 0 aliphatic carbocycles. The van der Waals surface area contributed by atoms with E-state index in [9.17, 15) is 9.18 Å². The SMILES string of the molecule is COc1cc(C(=O)N2CCO[C@H](c3cc(F)c(Cl)cc3Cl)C2)cc(OC)c1OC. The lowest BCUT2D eigenvalue weighted by molar-refractivity contribution is -0.0229. The van der Waals surface area contributed by atoms with E-state index in [0.717, 1.165) is 0 Å². The minimum absolute atomic E-state index is 0.0695. The van der Waals surface area contributed by atoms with E-state index in [4.69, 9.17) is 42.1 Å². The molecule has 1 aliphatic rings. The van der Waals surface area contributed by atoms with Gasteiger partial charge in [-0.05, 0) is 24.3 Å². The third kappa shape index (κ3) is 4.37. The van der Waals surface area contributed by atoms with Crippen LogP contribution in [-0.2, 0) is 4.74 Å². The Morgan fingerprint density at radius 3 is 2.31 bits per heavy atom. The molecule has 1 aliphatic heterocycles. The fraction of sp³-hybridized carbons (Fsp3) is 0.350. The summed E-state index contributed by atoms with van der Waals surface area (Å²) in [6.07, 6.45) is -0.575. The van der Waals surface area contributed by atoms with E-state index in [2.05, 4.69) is 0 Å². The Balaban J connectivity index is 1.88. The number of hydrogen-bond acceptors (Lipinski definition) is 5. The van der Waals surface area contributed by atoms with Gasteiger partial charge in [0.1, 0.15) is 11.9 Å². The van der Waals surface area contributed by atoms with Crippen LogP contribution in [0.2, 0.25) is 10.0 Å². The zero-order chi connectivity index (χ0) is 21.1. The average molecular weight is 444 g/mol. The molecule has 1 heterocycles. The average Bonchev–Trinajstić information content (AvgIpc) is 2.74. The molecule has 6 nitrogen and oxygen atoms in total. The molecule has 1 saturated heterocycles. The van der Waals surface area contributed by atoms with Crippen molar-refractivity contribution in [3.63, 3.8) is 0 Å². The monoisotopic (exact) mass is 443 g/mol. The van der Waals surface area contributed by atoms with Gasteiger partial charge in [-0.2, -0.15) is 0 Å². The van der Waals surface area contributed by atoms with Crippen molar-refractivity contribution in [1.82, 2.24) is 4.90 Å². The van der Waals surface area contributed by atoms with Crippen molar-refractivity contribution in [1.29, 1.82) is 0 Å². The lowest BCUT2D eigenvalue weighted by Gasteiger charge is -2.33. The van der Waals surface area contributed by atoms with Crippen LogP contribution in [-0.4, -0.2) is 51.8 Å². The van der Waals surface area contributed by atoms with E-state index in [-0.39, 0.29) is 29.1 Å². The summed E-state index contributed by atoms with van der Waals surface area (Å²) in [4.78, 5) is 14.7. The predicted octanol–water partition coefficient (Wildman–Crippen LogP) is 4.37. The highest BCUT2D eigenvalue weighted by atomic mass is 35.5. The fourth-order valence-corrected chi connectivity index (χ4v) is 3.70. The lowest BCUT2D eigenvalue weighted by atomic mass is 10.1. The van der Waals surface area contributed by atoms with Gasteiger partial charge >= 0.3 is 0 Å². The third-order valence-electron chi connectivity index (χ3n) is 4.65. The molecular weight excluding hydrogens is 424 g/mol. The maximum absolute atomic E-state index is 13.9. The molecule has 29 heavy (non-hydrogen) atoms. The summed E-state index contributed by atoms with van der Waals surface area (Å²) in [6.45, 7) is 0.859. The molecule has 0 saturated carbocycles. The first-order chi connectivity index (χ1) is 13.9. The van der Waals surface area contributed by atoms with Crippen LogP contribution < -0.4 is 14.2 Å². The minimum Gasteiger partial charge on any atom is -0.493 e. The van der Waals surface area contributed by atoms with Gasteiger partial charge in [0, 0.05) is 22.7 Å². The van der Waals surface area contributed by atoms with Crippen molar-refractivity contribution in [3.8, 4) is 17.2 Å². The number of benzene rings is 2. The number of amides is 1. The number of halogens is 3. The Labute approximate surface area is 178 Å². The van der Waals surface area contributed by atoms with Crippen LogP contribution in [0, 0.1) is 5.82 Å². The molecule has 0 unspecified atom stereocenters. The van der Waals surface area contributed by atoms with Gasteiger partial charge in [0.25, 0.3) is 5.91 Å². The van der Waals surface area contributed by atoms with E-state index < -0.39 is 11.9 Å². The van der Waals surface area contributed by atoms with Gasteiger partial charge in [-0.25, -0.2) is 4.39 Å². The van der Waals surface area contributed by atoms with E-state index in [1.807, 2.05) is 0 Å². The van der Waals surface area contributed by atoms with Crippen molar-refractivity contribution in [2.45, 2.75) is 6.10 Å². The number of carbonyl (C=O) groups excluding carboxylic acids is 1. The predicted molar refractivity (Wildman–Crippen MR) is 107 cm³/mol. The summed E-state index contributed by atoms with van der Waals surface area (Å²) < 4.78 is 35.6. The standard InChI is InChI=1S/C20H20Cl2FNO5/c1-26-16-6-11(7-17(27-2)19(16)28-3)20(25)24-4-5-29-18(10-24)12-8-15(23)14(22)9-13(12)21/h6-9,18H,4-5,10H2,1-3H3/t18-/m0/s1. The second kappa shape index (κ2) is 9.07. The van der Waals surface area contributed by atoms with Gasteiger partial charge in [0.2, 0.25) is 5.75 Å². The molecule has 156 valence electrons. The van der Waals surface area contributed by atoms with Gasteiger partial charge in [-0.15, -0.1) is 0 Å². The summed E-state index contributed by atoms with van der Waals surface area (Å²) in [6, 6.07) is 5.74. The van der Waals surface area contributed by atoms with E-state index in [0.29, 0.717) is 34.9 Å². The van der Waals surface area contributed by atoms with Crippen LogP contribution in [0.25, 0.3) is 0 Å². The largest absolute Gasteiger partial charge is 0.493 e. The van der Waals surface area contributed by atoms with E-state index in [1.165, 1.54) is 33.5 Å². The van der Waals surface area contributed by atoms with E-state index in [1.54, 1.807) is 17.0 Å². The first-order valence-electron chi connectivity index (χ1n) is 8.74. The number of carbonyl (C=O) groups is 1. The second-order valence-corrected chi connectivity index (χ2v) is 7.13. The summed E-state index contributed by atoms with van der Waals surface area (Å²) in [5.74, 6) is 0.311. The van der Waals surface area contributed by atoms with Crippen molar-refractivity contribution < 1.29 is 28.1 Å². The fourth-order valence-electron chi connectivity index (χ4n) is 3.19. The van der Waals surface area contributed by atoms with Gasteiger partial charge in [-0.3, -0.25) is 4.79 Å².